The van der Waals surface area contributed by atoms with Crippen LogP contribution in [0.2, 0.25) is 0 Å². The second-order valence-electron chi connectivity index (χ2n) is 4.59. The summed E-state index contributed by atoms with van der Waals surface area (Å²) in [6.07, 6.45) is 2.26. The van der Waals surface area contributed by atoms with Gasteiger partial charge in [0.05, 0.1) is 16.8 Å². The van der Waals surface area contributed by atoms with Crippen molar-refractivity contribution in [2.24, 2.45) is 7.05 Å². The van der Waals surface area contributed by atoms with Crippen LogP contribution >= 0.6 is 0 Å². The Kier molecular flexibility index (Phi) is 2.44. The number of hydrogen-bond donors (Lipinski definition) is 1. The number of aliphatic hydroxyl groups excluding tert-OH is 1. The second-order valence-corrected chi connectivity index (χ2v) is 4.59. The molecule has 0 saturated heterocycles. The van der Waals surface area contributed by atoms with Gasteiger partial charge in [-0.05, 0) is 25.0 Å². The van der Waals surface area contributed by atoms with Crippen molar-refractivity contribution < 1.29 is 5.11 Å². The number of aromatic nitrogens is 2. The van der Waals surface area contributed by atoms with Crippen molar-refractivity contribution in [1.29, 1.82) is 0 Å². The minimum Gasteiger partial charge on any atom is -0.512 e. The first kappa shape index (κ1) is 11.0. The van der Waals surface area contributed by atoms with E-state index in [1.165, 1.54) is 0 Å². The molecule has 0 unspecified atom stereocenters. The molecule has 2 aromatic rings. The lowest BCUT2D eigenvalue weighted by molar-refractivity contribution is 0.399. The summed E-state index contributed by atoms with van der Waals surface area (Å²) in [6, 6.07) is 7.53. The zero-order valence-corrected chi connectivity index (χ0v) is 10.2. The molecule has 1 aliphatic carbocycles. The molecule has 92 valence electrons. The van der Waals surface area contributed by atoms with Crippen LogP contribution in [0.25, 0.3) is 16.6 Å². The van der Waals surface area contributed by atoms with Gasteiger partial charge in [-0.25, -0.2) is 4.98 Å². The van der Waals surface area contributed by atoms with Gasteiger partial charge in [-0.2, -0.15) is 0 Å². The topological polar surface area (TPSA) is 55.1 Å². The van der Waals surface area contributed by atoms with E-state index < -0.39 is 0 Å². The van der Waals surface area contributed by atoms with E-state index in [4.69, 9.17) is 0 Å². The third-order valence-corrected chi connectivity index (χ3v) is 3.46. The Morgan fingerprint density at radius 2 is 2.06 bits per heavy atom. The maximum atomic E-state index is 12.3. The van der Waals surface area contributed by atoms with Gasteiger partial charge in [-0.3, -0.25) is 4.79 Å². The summed E-state index contributed by atoms with van der Waals surface area (Å²) in [5.74, 6) is 0.315. The van der Waals surface area contributed by atoms with Crippen LogP contribution in [0.3, 0.4) is 0 Å². The van der Waals surface area contributed by atoms with Crippen LogP contribution in [0.15, 0.2) is 34.8 Å². The molecule has 1 heterocycles. The smallest absolute Gasteiger partial charge is 0.277 e. The van der Waals surface area contributed by atoms with Gasteiger partial charge in [0, 0.05) is 19.0 Å². The summed E-state index contributed by atoms with van der Waals surface area (Å²) in [6.45, 7) is 0. The first-order valence-corrected chi connectivity index (χ1v) is 6.05. The van der Waals surface area contributed by atoms with Gasteiger partial charge in [0.1, 0.15) is 5.69 Å². The van der Waals surface area contributed by atoms with Crippen molar-refractivity contribution in [3.05, 3.63) is 46.1 Å². The fourth-order valence-electron chi connectivity index (χ4n) is 2.46. The third-order valence-electron chi connectivity index (χ3n) is 3.46. The number of hydrogen-bond acceptors (Lipinski definition) is 3. The normalized spacial score (nSPS) is 15.6. The second kappa shape index (κ2) is 3.98. The van der Waals surface area contributed by atoms with Gasteiger partial charge in [0.2, 0.25) is 0 Å². The lowest BCUT2D eigenvalue weighted by Gasteiger charge is -2.08. The highest BCUT2D eigenvalue weighted by Gasteiger charge is 2.20. The molecule has 1 aliphatic rings. The summed E-state index contributed by atoms with van der Waals surface area (Å²) in [7, 11) is 1.74. The molecular weight excluding hydrogens is 228 g/mol. The van der Waals surface area contributed by atoms with Crippen LogP contribution in [0.1, 0.15) is 25.0 Å². The van der Waals surface area contributed by atoms with E-state index in [1.807, 2.05) is 24.3 Å². The fraction of sp³-hybridized carbons (Fsp3) is 0.286. The summed E-state index contributed by atoms with van der Waals surface area (Å²) < 4.78 is 1.59. The average molecular weight is 242 g/mol. The van der Waals surface area contributed by atoms with Crippen molar-refractivity contribution in [1.82, 2.24) is 9.55 Å². The van der Waals surface area contributed by atoms with E-state index in [-0.39, 0.29) is 5.56 Å². The maximum absolute atomic E-state index is 12.3. The van der Waals surface area contributed by atoms with E-state index in [0.29, 0.717) is 23.4 Å². The molecule has 4 nitrogen and oxygen atoms in total. The molecule has 0 amide bonds. The fourth-order valence-corrected chi connectivity index (χ4v) is 2.46. The predicted molar refractivity (Wildman–Crippen MR) is 70.4 cm³/mol. The molecule has 0 saturated carbocycles. The molecule has 1 N–H and O–H groups in total. The molecule has 3 rings (SSSR count). The lowest BCUT2D eigenvalue weighted by atomic mass is 10.1. The Morgan fingerprint density at radius 1 is 1.28 bits per heavy atom. The Balaban J connectivity index is 2.35. The first-order valence-electron chi connectivity index (χ1n) is 6.05. The minimum absolute atomic E-state index is 0.142. The summed E-state index contributed by atoms with van der Waals surface area (Å²) in [4.78, 5) is 16.7. The number of aliphatic hydroxyl groups is 1. The monoisotopic (exact) mass is 242 g/mol. The Labute approximate surface area is 104 Å². The van der Waals surface area contributed by atoms with Gasteiger partial charge in [0.25, 0.3) is 5.56 Å². The van der Waals surface area contributed by atoms with Crippen LogP contribution in [-0.4, -0.2) is 14.7 Å². The van der Waals surface area contributed by atoms with E-state index in [9.17, 15) is 9.90 Å². The highest BCUT2D eigenvalue weighted by molar-refractivity contribution is 5.77. The summed E-state index contributed by atoms with van der Waals surface area (Å²) >= 11 is 0. The van der Waals surface area contributed by atoms with Gasteiger partial charge >= 0.3 is 0 Å². The molecule has 0 aliphatic heterocycles. The SMILES string of the molecule is Cn1c(=O)c(C2=C(O)CCC2)nc2ccccc21. The van der Waals surface area contributed by atoms with E-state index in [1.54, 1.807) is 11.6 Å². The highest BCUT2D eigenvalue weighted by atomic mass is 16.3. The van der Waals surface area contributed by atoms with Crippen molar-refractivity contribution >= 4 is 16.6 Å². The molecule has 18 heavy (non-hydrogen) atoms. The molecule has 0 bridgehead atoms. The number of allylic oxidation sites excluding steroid dienone is 2. The van der Waals surface area contributed by atoms with Crippen molar-refractivity contribution in [2.75, 3.05) is 0 Å². The molecule has 1 aromatic heterocycles. The quantitative estimate of drug-likeness (QED) is 0.835. The van der Waals surface area contributed by atoms with E-state index >= 15 is 0 Å². The summed E-state index contributed by atoms with van der Waals surface area (Å²) in [5.41, 5.74) is 2.55. The number of fused-ring (bicyclic) bond motifs is 1. The highest BCUT2D eigenvalue weighted by Crippen LogP contribution is 2.30. The van der Waals surface area contributed by atoms with Crippen LogP contribution in [0.5, 0.6) is 0 Å². The Hall–Kier alpha value is -2.10. The minimum atomic E-state index is -0.142. The molecule has 0 radical (unpaired) electrons. The van der Waals surface area contributed by atoms with Crippen LogP contribution in [-0.2, 0) is 7.05 Å². The maximum Gasteiger partial charge on any atom is 0.277 e. The van der Waals surface area contributed by atoms with Crippen LogP contribution in [0.4, 0.5) is 0 Å². The lowest BCUT2D eigenvalue weighted by Crippen LogP contribution is -2.22. The number of aryl methyl sites for hydroxylation is 1. The molecule has 0 spiro atoms. The molecule has 0 fully saturated rings. The number of nitrogens with zero attached hydrogens (tertiary/aromatic N) is 2. The number of benzene rings is 1. The average Bonchev–Trinajstić information content (AvgIpc) is 2.80. The van der Waals surface area contributed by atoms with Gasteiger partial charge in [-0.1, -0.05) is 12.1 Å². The van der Waals surface area contributed by atoms with Gasteiger partial charge in [-0.15, -0.1) is 0 Å². The molecule has 1 aromatic carbocycles. The number of para-hydroxylation sites is 2. The van der Waals surface area contributed by atoms with E-state index in [0.717, 1.165) is 23.9 Å². The van der Waals surface area contributed by atoms with Crippen molar-refractivity contribution in [3.63, 3.8) is 0 Å². The van der Waals surface area contributed by atoms with E-state index in [2.05, 4.69) is 4.98 Å². The largest absolute Gasteiger partial charge is 0.512 e. The Morgan fingerprint density at radius 3 is 2.78 bits per heavy atom. The van der Waals surface area contributed by atoms with Crippen LogP contribution in [0, 0.1) is 0 Å². The molecule has 4 heteroatoms. The van der Waals surface area contributed by atoms with Crippen molar-refractivity contribution in [3.8, 4) is 0 Å². The summed E-state index contributed by atoms with van der Waals surface area (Å²) in [5, 5.41) is 9.82. The molecule has 0 atom stereocenters. The van der Waals surface area contributed by atoms with Crippen molar-refractivity contribution in [2.45, 2.75) is 19.3 Å². The number of rotatable bonds is 1. The standard InChI is InChI=1S/C14H14N2O2/c1-16-11-7-3-2-6-10(11)15-13(14(16)18)9-5-4-8-12(9)17/h2-3,6-7,17H,4-5,8H2,1H3. The van der Waals surface area contributed by atoms with Gasteiger partial charge < -0.3 is 9.67 Å². The van der Waals surface area contributed by atoms with Gasteiger partial charge in [0.15, 0.2) is 0 Å². The zero-order chi connectivity index (χ0) is 12.7. The van der Waals surface area contributed by atoms with Crippen LogP contribution < -0.4 is 5.56 Å². The third kappa shape index (κ3) is 1.53. The predicted octanol–water partition coefficient (Wildman–Crippen LogP) is 2.39. The zero-order valence-electron chi connectivity index (χ0n) is 10.2. The first-order chi connectivity index (χ1) is 8.68. The Bertz CT molecular complexity index is 713. The molecular formula is C14H14N2O2.